The smallest absolute Gasteiger partial charge is 0.181 e. The lowest BCUT2D eigenvalue weighted by Crippen LogP contribution is -1.80. The van der Waals surface area contributed by atoms with Crippen LogP contribution in [-0.4, -0.2) is 4.98 Å². The van der Waals surface area contributed by atoms with Crippen molar-refractivity contribution >= 4 is 6.08 Å². The fourth-order valence-electron chi connectivity index (χ4n) is 0.764. The molecule has 0 bridgehead atoms. The lowest BCUT2D eigenvalue weighted by Gasteiger charge is -1.94. The summed E-state index contributed by atoms with van der Waals surface area (Å²) in [7, 11) is 0. The predicted octanol–water partition coefficient (Wildman–Crippen LogP) is 2.73. The normalized spacial score (nSPS) is 11.5. The quantitative estimate of drug-likeness (QED) is 0.663. The van der Waals surface area contributed by atoms with E-state index in [1.54, 1.807) is 6.20 Å². The van der Waals surface area contributed by atoms with Gasteiger partial charge >= 0.3 is 0 Å². The Kier molecular flexibility index (Phi) is 2.90. The van der Waals surface area contributed by atoms with Gasteiger partial charge in [0.2, 0.25) is 0 Å². The summed E-state index contributed by atoms with van der Waals surface area (Å²) in [6.07, 6.45) is 8.28. The first-order valence-corrected chi connectivity index (χ1v) is 3.84. The topological polar surface area (TPSA) is 26.0 Å². The zero-order valence-corrected chi connectivity index (χ0v) is 6.95. The highest BCUT2D eigenvalue weighted by Crippen LogP contribution is 2.04. The minimum Gasteiger partial charge on any atom is -0.444 e. The summed E-state index contributed by atoms with van der Waals surface area (Å²) in [5.41, 5.74) is 0. The summed E-state index contributed by atoms with van der Waals surface area (Å²) in [5, 5.41) is 0. The van der Waals surface area contributed by atoms with Crippen LogP contribution in [0.4, 0.5) is 0 Å². The van der Waals surface area contributed by atoms with Crippen molar-refractivity contribution in [2.45, 2.75) is 20.3 Å². The molecule has 0 aliphatic carbocycles. The molecular formula is C9H13NO. The molecule has 1 aromatic heterocycles. The average molecular weight is 151 g/mol. The van der Waals surface area contributed by atoms with E-state index in [1.807, 2.05) is 6.08 Å². The molecule has 0 N–H and O–H groups in total. The van der Waals surface area contributed by atoms with Crippen molar-refractivity contribution < 1.29 is 4.42 Å². The number of rotatable bonds is 3. The molecule has 0 aliphatic rings. The van der Waals surface area contributed by atoms with Gasteiger partial charge in [0.05, 0.1) is 6.20 Å². The van der Waals surface area contributed by atoms with Crippen LogP contribution in [0.5, 0.6) is 0 Å². The maximum Gasteiger partial charge on any atom is 0.181 e. The van der Waals surface area contributed by atoms with E-state index >= 15 is 0 Å². The van der Waals surface area contributed by atoms with Crippen LogP contribution in [0.25, 0.3) is 6.08 Å². The zero-order valence-electron chi connectivity index (χ0n) is 6.95. The molecule has 0 saturated heterocycles. The Hall–Kier alpha value is -1.05. The number of aromatic nitrogens is 1. The van der Waals surface area contributed by atoms with Crippen molar-refractivity contribution in [2.75, 3.05) is 0 Å². The van der Waals surface area contributed by atoms with Gasteiger partial charge < -0.3 is 4.42 Å². The molecule has 2 nitrogen and oxygen atoms in total. The summed E-state index contributed by atoms with van der Waals surface area (Å²) in [6, 6.07) is 0. The average Bonchev–Trinajstić information content (AvgIpc) is 2.39. The first kappa shape index (κ1) is 8.05. The van der Waals surface area contributed by atoms with E-state index < -0.39 is 0 Å². The molecule has 0 fully saturated rings. The van der Waals surface area contributed by atoms with E-state index in [1.165, 1.54) is 6.39 Å². The van der Waals surface area contributed by atoms with E-state index in [-0.39, 0.29) is 0 Å². The van der Waals surface area contributed by atoms with Crippen molar-refractivity contribution in [3.05, 3.63) is 24.4 Å². The third kappa shape index (κ3) is 3.03. The Labute approximate surface area is 66.9 Å². The van der Waals surface area contributed by atoms with Crippen molar-refractivity contribution in [1.29, 1.82) is 0 Å². The van der Waals surface area contributed by atoms with Crippen molar-refractivity contribution in [2.24, 2.45) is 5.92 Å². The second-order valence-electron chi connectivity index (χ2n) is 2.94. The number of hydrogen-bond acceptors (Lipinski definition) is 2. The standard InChI is InChI=1S/C9H13NO/c1-8(2)4-3-5-9-6-10-7-11-9/h3,5-8H,4H2,1-2H3. The number of nitrogens with zero attached hydrogens (tertiary/aromatic N) is 1. The van der Waals surface area contributed by atoms with Crippen LogP contribution >= 0.6 is 0 Å². The lowest BCUT2D eigenvalue weighted by atomic mass is 10.1. The minimum absolute atomic E-state index is 0.703. The molecule has 0 atom stereocenters. The van der Waals surface area contributed by atoms with Crippen LogP contribution in [0.2, 0.25) is 0 Å². The van der Waals surface area contributed by atoms with Gasteiger partial charge in [-0.15, -0.1) is 0 Å². The molecule has 0 radical (unpaired) electrons. The fourth-order valence-corrected chi connectivity index (χ4v) is 0.764. The molecule has 1 rings (SSSR count). The van der Waals surface area contributed by atoms with Gasteiger partial charge in [-0.2, -0.15) is 0 Å². The molecule has 0 aliphatic heterocycles. The maximum atomic E-state index is 5.02. The van der Waals surface area contributed by atoms with E-state index in [9.17, 15) is 0 Å². The van der Waals surface area contributed by atoms with Gasteiger partial charge in [0.25, 0.3) is 0 Å². The summed E-state index contributed by atoms with van der Waals surface area (Å²) < 4.78 is 5.02. The first-order chi connectivity index (χ1) is 5.29. The molecular weight excluding hydrogens is 138 g/mol. The van der Waals surface area contributed by atoms with E-state index in [2.05, 4.69) is 24.9 Å². The Morgan fingerprint density at radius 3 is 3.00 bits per heavy atom. The Morgan fingerprint density at radius 2 is 2.45 bits per heavy atom. The van der Waals surface area contributed by atoms with Gasteiger partial charge in [-0.25, -0.2) is 4.98 Å². The summed E-state index contributed by atoms with van der Waals surface area (Å²) in [6.45, 7) is 4.37. The molecule has 0 amide bonds. The highest BCUT2D eigenvalue weighted by molar-refractivity contribution is 5.40. The number of hydrogen-bond donors (Lipinski definition) is 0. The molecule has 11 heavy (non-hydrogen) atoms. The Morgan fingerprint density at radius 1 is 1.64 bits per heavy atom. The van der Waals surface area contributed by atoms with Crippen LogP contribution < -0.4 is 0 Å². The second kappa shape index (κ2) is 3.96. The van der Waals surface area contributed by atoms with Gasteiger partial charge in [-0.05, 0) is 18.4 Å². The van der Waals surface area contributed by atoms with Gasteiger partial charge in [0.15, 0.2) is 6.39 Å². The van der Waals surface area contributed by atoms with Gasteiger partial charge in [0, 0.05) is 0 Å². The van der Waals surface area contributed by atoms with Crippen LogP contribution in [0, 0.1) is 5.92 Å². The van der Waals surface area contributed by atoms with Crippen LogP contribution in [0.15, 0.2) is 23.1 Å². The highest BCUT2D eigenvalue weighted by Gasteiger charge is 1.89. The lowest BCUT2D eigenvalue weighted by molar-refractivity contribution is 0.547. The highest BCUT2D eigenvalue weighted by atomic mass is 16.3. The van der Waals surface area contributed by atoms with Gasteiger partial charge in [0.1, 0.15) is 5.76 Å². The molecule has 0 saturated carbocycles. The predicted molar refractivity (Wildman–Crippen MR) is 45.0 cm³/mol. The van der Waals surface area contributed by atoms with Gasteiger partial charge in [-0.3, -0.25) is 0 Å². The molecule has 1 aromatic rings. The maximum absolute atomic E-state index is 5.02. The minimum atomic E-state index is 0.703. The van der Waals surface area contributed by atoms with E-state index in [0.717, 1.165) is 12.2 Å². The molecule has 0 spiro atoms. The third-order valence-corrected chi connectivity index (χ3v) is 1.34. The Bertz CT molecular complexity index is 211. The van der Waals surface area contributed by atoms with Crippen molar-refractivity contribution in [1.82, 2.24) is 4.98 Å². The molecule has 1 heterocycles. The SMILES string of the molecule is CC(C)CC=Cc1cnco1. The second-order valence-corrected chi connectivity index (χ2v) is 2.94. The summed E-state index contributed by atoms with van der Waals surface area (Å²) in [4.78, 5) is 3.80. The van der Waals surface area contributed by atoms with Crippen LogP contribution in [0.3, 0.4) is 0 Å². The van der Waals surface area contributed by atoms with Crippen LogP contribution in [0.1, 0.15) is 26.0 Å². The largest absolute Gasteiger partial charge is 0.444 e. The third-order valence-electron chi connectivity index (χ3n) is 1.34. The van der Waals surface area contributed by atoms with Crippen molar-refractivity contribution in [3.63, 3.8) is 0 Å². The van der Waals surface area contributed by atoms with Crippen LogP contribution in [-0.2, 0) is 0 Å². The Balaban J connectivity index is 2.37. The molecule has 0 unspecified atom stereocenters. The monoisotopic (exact) mass is 151 g/mol. The van der Waals surface area contributed by atoms with Gasteiger partial charge in [-0.1, -0.05) is 19.9 Å². The summed E-state index contributed by atoms with van der Waals surface area (Å²) >= 11 is 0. The van der Waals surface area contributed by atoms with E-state index in [4.69, 9.17) is 4.42 Å². The zero-order chi connectivity index (χ0) is 8.10. The molecule has 2 heteroatoms. The van der Waals surface area contributed by atoms with Crippen molar-refractivity contribution in [3.8, 4) is 0 Å². The fraction of sp³-hybridized carbons (Fsp3) is 0.444. The first-order valence-electron chi connectivity index (χ1n) is 3.84. The number of allylic oxidation sites excluding steroid dienone is 1. The molecule has 0 aromatic carbocycles. The molecule has 60 valence electrons. The van der Waals surface area contributed by atoms with E-state index in [0.29, 0.717) is 5.92 Å². The summed E-state index contributed by atoms with van der Waals surface area (Å²) in [5.74, 6) is 1.53. The number of oxazole rings is 1.